The van der Waals surface area contributed by atoms with Crippen LogP contribution < -0.4 is 0 Å². The van der Waals surface area contributed by atoms with Crippen LogP contribution in [0.3, 0.4) is 0 Å². The molecular weight excluding hydrogens is 280 g/mol. The van der Waals surface area contributed by atoms with E-state index < -0.39 is 5.97 Å². The highest BCUT2D eigenvalue weighted by molar-refractivity contribution is 6.30. The van der Waals surface area contributed by atoms with Crippen LogP contribution in [0.1, 0.15) is 5.56 Å². The number of amides is 2. The first kappa shape index (κ1) is 16.0. The monoisotopic (exact) mass is 296 g/mol. The van der Waals surface area contributed by atoms with Gasteiger partial charge in [0.05, 0.1) is 0 Å². The minimum Gasteiger partial charge on any atom is -0.480 e. The smallest absolute Gasteiger partial charge is 0.323 e. The highest BCUT2D eigenvalue weighted by Crippen LogP contribution is 2.13. The van der Waals surface area contributed by atoms with Crippen LogP contribution in [0.5, 0.6) is 0 Å². The van der Waals surface area contributed by atoms with Crippen LogP contribution in [0.25, 0.3) is 0 Å². The molecule has 0 bridgehead atoms. The van der Waals surface area contributed by atoms with Crippen molar-refractivity contribution in [2.75, 3.05) is 20.1 Å². The summed E-state index contributed by atoms with van der Waals surface area (Å²) in [6.07, 6.45) is 1.49. The summed E-state index contributed by atoms with van der Waals surface area (Å²) in [5.74, 6) is -1.06. The minimum absolute atomic E-state index is 0.186. The lowest BCUT2D eigenvalue weighted by Gasteiger charge is -2.26. The second-order valence-corrected chi connectivity index (χ2v) is 4.77. The molecule has 6 heteroatoms. The van der Waals surface area contributed by atoms with Gasteiger partial charge in [0, 0.05) is 25.2 Å². The first-order valence-electron chi connectivity index (χ1n) is 6.01. The summed E-state index contributed by atoms with van der Waals surface area (Å²) in [5.41, 5.74) is 0.877. The Hall–Kier alpha value is -2.01. The van der Waals surface area contributed by atoms with Crippen LogP contribution in [-0.4, -0.2) is 47.0 Å². The van der Waals surface area contributed by atoms with Gasteiger partial charge in [0.1, 0.15) is 6.54 Å². The molecule has 0 radical (unpaired) electrons. The average molecular weight is 297 g/mol. The van der Waals surface area contributed by atoms with Gasteiger partial charge in [-0.25, -0.2) is 4.79 Å². The summed E-state index contributed by atoms with van der Waals surface area (Å²) >= 11 is 5.88. The number of benzene rings is 1. The molecule has 1 aromatic carbocycles. The zero-order valence-electron chi connectivity index (χ0n) is 11.3. The molecule has 1 aromatic rings. The Balaban J connectivity index is 2.73. The lowest BCUT2D eigenvalue weighted by Crippen LogP contribution is -2.43. The first-order chi connectivity index (χ1) is 9.43. The summed E-state index contributed by atoms with van der Waals surface area (Å²) in [6, 6.07) is 6.80. The maximum atomic E-state index is 12.2. The fourth-order valence-corrected chi connectivity index (χ4v) is 1.96. The van der Waals surface area contributed by atoms with Gasteiger partial charge in [-0.15, -0.1) is 6.58 Å². The second kappa shape index (κ2) is 7.55. The Bertz CT molecular complexity index is 505. The molecule has 1 rings (SSSR count). The molecule has 0 heterocycles. The third kappa shape index (κ3) is 4.93. The highest BCUT2D eigenvalue weighted by atomic mass is 35.5. The number of carbonyl (C=O) groups is 2. The Labute approximate surface area is 123 Å². The van der Waals surface area contributed by atoms with Crippen molar-refractivity contribution in [2.45, 2.75) is 6.54 Å². The number of hydrogen-bond acceptors (Lipinski definition) is 2. The van der Waals surface area contributed by atoms with Gasteiger partial charge in [-0.1, -0.05) is 29.8 Å². The van der Waals surface area contributed by atoms with Gasteiger partial charge in [0.25, 0.3) is 0 Å². The molecule has 0 aromatic heterocycles. The molecule has 1 N–H and O–H groups in total. The first-order valence-corrected chi connectivity index (χ1v) is 6.39. The summed E-state index contributed by atoms with van der Waals surface area (Å²) in [4.78, 5) is 25.6. The van der Waals surface area contributed by atoms with Crippen molar-refractivity contribution in [1.29, 1.82) is 0 Å². The lowest BCUT2D eigenvalue weighted by molar-refractivity contribution is -0.137. The van der Waals surface area contributed by atoms with E-state index in [2.05, 4.69) is 6.58 Å². The van der Waals surface area contributed by atoms with Crippen molar-refractivity contribution in [3.05, 3.63) is 47.5 Å². The molecule has 108 valence electrons. The van der Waals surface area contributed by atoms with Crippen LogP contribution >= 0.6 is 11.6 Å². The molecule has 0 fully saturated rings. The molecular formula is C14H17ClN2O3. The molecule has 0 atom stereocenters. The number of urea groups is 1. The summed E-state index contributed by atoms with van der Waals surface area (Å²) in [7, 11) is 1.61. The Morgan fingerprint density at radius 3 is 2.70 bits per heavy atom. The number of carbonyl (C=O) groups excluding carboxylic acids is 1. The molecule has 0 saturated carbocycles. The molecule has 0 aliphatic rings. The number of aliphatic carboxylic acids is 1. The number of rotatable bonds is 6. The number of halogens is 1. The maximum Gasteiger partial charge on any atom is 0.323 e. The van der Waals surface area contributed by atoms with Gasteiger partial charge in [0.15, 0.2) is 0 Å². The van der Waals surface area contributed by atoms with Gasteiger partial charge in [-0.05, 0) is 17.7 Å². The van der Waals surface area contributed by atoms with E-state index in [0.29, 0.717) is 11.6 Å². The van der Waals surface area contributed by atoms with Crippen LogP contribution in [0.4, 0.5) is 4.79 Å². The van der Waals surface area contributed by atoms with E-state index in [1.165, 1.54) is 15.9 Å². The standard InChI is InChI=1S/C14H17ClN2O3/c1-3-7-17(10-13(18)19)14(20)16(2)9-11-5-4-6-12(15)8-11/h3-6,8H,1,7,9-10H2,2H3,(H,18,19). The van der Waals surface area contributed by atoms with Crippen molar-refractivity contribution in [1.82, 2.24) is 9.80 Å². The van der Waals surface area contributed by atoms with Crippen molar-refractivity contribution < 1.29 is 14.7 Å². The third-order valence-electron chi connectivity index (χ3n) is 2.58. The SMILES string of the molecule is C=CCN(CC(=O)O)C(=O)N(C)Cc1cccc(Cl)c1. The zero-order valence-corrected chi connectivity index (χ0v) is 12.0. The molecule has 2 amide bonds. The second-order valence-electron chi connectivity index (χ2n) is 4.33. The fraction of sp³-hybridized carbons (Fsp3) is 0.286. The number of carboxylic acid groups (broad SMARTS) is 1. The van der Waals surface area contributed by atoms with Crippen LogP contribution in [0.15, 0.2) is 36.9 Å². The number of carboxylic acids is 1. The number of hydrogen-bond donors (Lipinski definition) is 1. The largest absolute Gasteiger partial charge is 0.480 e. The maximum absolute atomic E-state index is 12.2. The lowest BCUT2D eigenvalue weighted by atomic mass is 10.2. The van der Waals surface area contributed by atoms with E-state index in [-0.39, 0.29) is 19.1 Å². The Morgan fingerprint density at radius 2 is 2.15 bits per heavy atom. The van der Waals surface area contributed by atoms with Crippen molar-refractivity contribution in [3.63, 3.8) is 0 Å². The zero-order chi connectivity index (χ0) is 15.1. The minimum atomic E-state index is -1.06. The predicted molar refractivity (Wildman–Crippen MR) is 77.7 cm³/mol. The molecule has 0 spiro atoms. The van der Waals surface area contributed by atoms with Crippen LogP contribution in [-0.2, 0) is 11.3 Å². The Kier molecular flexibility index (Phi) is 6.06. The summed E-state index contributed by atoms with van der Waals surface area (Å²) in [5, 5.41) is 9.40. The fourth-order valence-electron chi connectivity index (χ4n) is 1.75. The third-order valence-corrected chi connectivity index (χ3v) is 2.82. The van der Waals surface area contributed by atoms with Gasteiger partial charge in [0.2, 0.25) is 0 Å². The molecule has 0 aliphatic heterocycles. The normalized spacial score (nSPS) is 9.90. The van der Waals surface area contributed by atoms with E-state index in [1.54, 1.807) is 25.2 Å². The highest BCUT2D eigenvalue weighted by Gasteiger charge is 2.19. The molecule has 20 heavy (non-hydrogen) atoms. The van der Waals surface area contributed by atoms with E-state index in [9.17, 15) is 9.59 Å². The van der Waals surface area contributed by atoms with E-state index >= 15 is 0 Å². The van der Waals surface area contributed by atoms with Gasteiger partial charge >= 0.3 is 12.0 Å². The van der Waals surface area contributed by atoms with Gasteiger partial charge in [-0.2, -0.15) is 0 Å². The van der Waals surface area contributed by atoms with Crippen LogP contribution in [0.2, 0.25) is 5.02 Å². The Morgan fingerprint density at radius 1 is 1.45 bits per heavy atom. The van der Waals surface area contributed by atoms with E-state index in [1.807, 2.05) is 6.07 Å². The molecule has 0 aliphatic carbocycles. The molecule has 0 unspecified atom stereocenters. The van der Waals surface area contributed by atoms with E-state index in [0.717, 1.165) is 5.56 Å². The molecule has 5 nitrogen and oxygen atoms in total. The van der Waals surface area contributed by atoms with E-state index in [4.69, 9.17) is 16.7 Å². The quantitative estimate of drug-likeness (QED) is 0.820. The topological polar surface area (TPSA) is 60.9 Å². The average Bonchev–Trinajstić information content (AvgIpc) is 2.36. The summed E-state index contributed by atoms with van der Waals surface area (Å²) < 4.78 is 0. The number of nitrogens with zero attached hydrogens (tertiary/aromatic N) is 2. The van der Waals surface area contributed by atoms with Crippen LogP contribution in [0, 0.1) is 0 Å². The van der Waals surface area contributed by atoms with Crippen molar-refractivity contribution in [2.24, 2.45) is 0 Å². The van der Waals surface area contributed by atoms with Crippen molar-refractivity contribution in [3.8, 4) is 0 Å². The van der Waals surface area contributed by atoms with Crippen molar-refractivity contribution >= 4 is 23.6 Å². The predicted octanol–water partition coefficient (Wildman–Crippen LogP) is 2.46. The van der Waals surface area contributed by atoms with Gasteiger partial charge in [-0.3, -0.25) is 4.79 Å². The molecule has 0 saturated heterocycles. The van der Waals surface area contributed by atoms with Gasteiger partial charge < -0.3 is 14.9 Å². The summed E-state index contributed by atoms with van der Waals surface area (Å²) in [6.45, 7) is 3.71.